The lowest BCUT2D eigenvalue weighted by Crippen LogP contribution is -2.37. The maximum absolute atomic E-state index is 12.7. The molecule has 2 unspecified atom stereocenters. The molecule has 63 heavy (non-hydrogen) atoms. The molecule has 0 rings (SSSR count). The fraction of sp³-hybridized carbons (Fsp3) is 0.623. The van der Waals surface area contributed by atoms with E-state index in [1.807, 2.05) is 27.2 Å². The van der Waals surface area contributed by atoms with Crippen molar-refractivity contribution in [2.24, 2.45) is 0 Å². The van der Waals surface area contributed by atoms with Gasteiger partial charge in [0.05, 0.1) is 27.7 Å². The quantitative estimate of drug-likeness (QED) is 0.0212. The molecule has 0 aromatic heterocycles. The first-order chi connectivity index (χ1) is 30.5. The Morgan fingerprint density at radius 3 is 1.33 bits per heavy atom. The lowest BCUT2D eigenvalue weighted by Gasteiger charge is -2.24. The number of likely N-dealkylation sites (N-methyl/N-ethyl adjacent to an activating group) is 1. The van der Waals surface area contributed by atoms with Crippen LogP contribution in [0.15, 0.2) is 109 Å². The number of carbonyl (C=O) groups is 2. The summed E-state index contributed by atoms with van der Waals surface area (Å²) in [5.74, 6) is -0.879. The Labute approximate surface area is 385 Å². The SMILES string of the molecule is CC/C=C\C/C=C\C/C=C\C/C=C\C/C=C\C/C=C\C/C=C\C/C=C\C/C=C\CCCC(=O)OC(COC(=O)CCCCCCCCCCCC)COP(=O)(O)OCC[N+](C)(C)C. The van der Waals surface area contributed by atoms with E-state index in [1.165, 1.54) is 44.9 Å². The average molecular weight is 899 g/mol. The number of quaternary nitrogens is 1. The predicted molar refractivity (Wildman–Crippen MR) is 265 cm³/mol. The Morgan fingerprint density at radius 2 is 0.905 bits per heavy atom. The molecule has 2 atom stereocenters. The fourth-order valence-electron chi connectivity index (χ4n) is 5.84. The number of carbonyl (C=O) groups excluding carboxylic acids is 2. The number of phosphoric ester groups is 1. The van der Waals surface area contributed by atoms with Crippen molar-refractivity contribution in [3.05, 3.63) is 109 Å². The van der Waals surface area contributed by atoms with Crippen LogP contribution in [0.3, 0.4) is 0 Å². The van der Waals surface area contributed by atoms with E-state index in [1.54, 1.807) is 0 Å². The zero-order chi connectivity index (χ0) is 46.4. The minimum absolute atomic E-state index is 0.0155. The van der Waals surface area contributed by atoms with E-state index in [0.29, 0.717) is 23.9 Å². The summed E-state index contributed by atoms with van der Waals surface area (Å²) in [4.78, 5) is 35.3. The second-order valence-corrected chi connectivity index (χ2v) is 18.2. The second-order valence-electron chi connectivity index (χ2n) is 16.8. The van der Waals surface area contributed by atoms with Gasteiger partial charge in [-0.25, -0.2) is 4.57 Å². The van der Waals surface area contributed by atoms with Crippen molar-refractivity contribution in [2.75, 3.05) is 47.5 Å². The maximum Gasteiger partial charge on any atom is 0.472 e. The topological polar surface area (TPSA) is 108 Å². The van der Waals surface area contributed by atoms with E-state index in [2.05, 4.69) is 117 Å². The standard InChI is InChI=1S/C53H88NO8P/c1-6-8-10-12-14-16-18-19-20-21-22-23-24-25-26-27-28-29-30-31-32-33-34-35-36-38-40-42-44-46-53(56)62-51(50-61-63(57,58)60-48-47-54(3,4)5)49-59-52(55)45-43-41-39-37-17-15-13-11-9-7-2/h8,10,14,16,19-20,22-23,25-26,28-29,31-32,34-35,38,40,51H,6-7,9,11-13,15,17-18,21,24,27,30,33,36-37,39,41-50H2,1-5H3/p+1/b10-8-,16-14-,20-19-,23-22-,26-25-,29-28-,32-31-,35-34-,40-38-. The third kappa shape index (κ3) is 48.0. The molecule has 0 aliphatic heterocycles. The fourth-order valence-corrected chi connectivity index (χ4v) is 6.58. The molecule has 9 nitrogen and oxygen atoms in total. The van der Waals surface area contributed by atoms with Crippen molar-refractivity contribution in [3.8, 4) is 0 Å². The van der Waals surface area contributed by atoms with Crippen LogP contribution in [0.4, 0.5) is 0 Å². The van der Waals surface area contributed by atoms with Gasteiger partial charge >= 0.3 is 19.8 Å². The highest BCUT2D eigenvalue weighted by atomic mass is 31.2. The Hall–Kier alpha value is -3.33. The number of phosphoric acid groups is 1. The molecular weight excluding hydrogens is 810 g/mol. The second kappa shape index (κ2) is 43.9. The number of rotatable bonds is 42. The van der Waals surface area contributed by atoms with Crippen molar-refractivity contribution in [1.82, 2.24) is 0 Å². The van der Waals surface area contributed by atoms with Crippen LogP contribution in [0.1, 0.15) is 162 Å². The molecule has 0 aliphatic rings. The molecule has 0 amide bonds. The van der Waals surface area contributed by atoms with Crippen LogP contribution < -0.4 is 0 Å². The summed E-state index contributed by atoms with van der Waals surface area (Å²) in [7, 11) is 1.42. The third-order valence-corrected chi connectivity index (χ3v) is 10.6. The minimum Gasteiger partial charge on any atom is -0.462 e. The highest BCUT2D eigenvalue weighted by Gasteiger charge is 2.27. The van der Waals surface area contributed by atoms with Gasteiger partial charge in [-0.3, -0.25) is 18.6 Å². The van der Waals surface area contributed by atoms with Crippen LogP contribution in [0.5, 0.6) is 0 Å². The van der Waals surface area contributed by atoms with Gasteiger partial charge in [-0.15, -0.1) is 0 Å². The molecular formula is C53H89NO8P+. The van der Waals surface area contributed by atoms with E-state index in [-0.39, 0.29) is 26.1 Å². The molecule has 0 aromatic rings. The van der Waals surface area contributed by atoms with Crippen LogP contribution in [0, 0.1) is 0 Å². The molecule has 358 valence electrons. The Bertz CT molecular complexity index is 1430. The summed E-state index contributed by atoms with van der Waals surface area (Å²) in [5, 5.41) is 0. The number of allylic oxidation sites excluding steroid dienone is 18. The zero-order valence-corrected chi connectivity index (χ0v) is 41.2. The summed E-state index contributed by atoms with van der Waals surface area (Å²) < 4.78 is 34.2. The highest BCUT2D eigenvalue weighted by molar-refractivity contribution is 7.47. The number of ether oxygens (including phenoxy) is 2. The monoisotopic (exact) mass is 899 g/mol. The van der Waals surface area contributed by atoms with Crippen molar-refractivity contribution in [3.63, 3.8) is 0 Å². The van der Waals surface area contributed by atoms with Gasteiger partial charge in [0, 0.05) is 12.8 Å². The summed E-state index contributed by atoms with van der Waals surface area (Å²) in [6.07, 6.45) is 60.2. The number of unbranched alkanes of at least 4 members (excludes halogenated alkanes) is 10. The first-order valence-electron chi connectivity index (χ1n) is 24.1. The van der Waals surface area contributed by atoms with Crippen molar-refractivity contribution >= 4 is 19.8 Å². The number of hydrogen-bond acceptors (Lipinski definition) is 7. The molecule has 0 aromatic carbocycles. The number of nitrogens with zero attached hydrogens (tertiary/aromatic N) is 1. The van der Waals surface area contributed by atoms with Crippen LogP contribution in [-0.2, 0) is 32.7 Å². The van der Waals surface area contributed by atoms with E-state index in [9.17, 15) is 19.0 Å². The van der Waals surface area contributed by atoms with Crippen molar-refractivity contribution in [1.29, 1.82) is 0 Å². The number of hydrogen-bond donors (Lipinski definition) is 1. The normalized spacial score (nSPS) is 14.4. The summed E-state index contributed by atoms with van der Waals surface area (Å²) in [6, 6.07) is 0. The summed E-state index contributed by atoms with van der Waals surface area (Å²) >= 11 is 0. The molecule has 0 fully saturated rings. The lowest BCUT2D eigenvalue weighted by atomic mass is 10.1. The van der Waals surface area contributed by atoms with Crippen LogP contribution >= 0.6 is 7.82 Å². The number of esters is 2. The van der Waals surface area contributed by atoms with E-state index < -0.39 is 32.5 Å². The van der Waals surface area contributed by atoms with Gasteiger partial charge < -0.3 is 18.9 Å². The largest absolute Gasteiger partial charge is 0.472 e. The lowest BCUT2D eigenvalue weighted by molar-refractivity contribution is -0.870. The van der Waals surface area contributed by atoms with E-state index >= 15 is 0 Å². The van der Waals surface area contributed by atoms with Gasteiger partial charge in [0.2, 0.25) is 0 Å². The predicted octanol–water partition coefficient (Wildman–Crippen LogP) is 14.3. The Kier molecular flexibility index (Phi) is 41.6. The van der Waals surface area contributed by atoms with Gasteiger partial charge in [0.1, 0.15) is 19.8 Å². The Morgan fingerprint density at radius 1 is 0.508 bits per heavy atom. The van der Waals surface area contributed by atoms with Gasteiger partial charge in [-0.1, -0.05) is 181 Å². The first-order valence-corrected chi connectivity index (χ1v) is 25.6. The summed E-state index contributed by atoms with van der Waals surface area (Å²) in [5.41, 5.74) is 0. The molecule has 0 heterocycles. The molecule has 1 N–H and O–H groups in total. The Balaban J connectivity index is 4.36. The molecule has 0 spiro atoms. The van der Waals surface area contributed by atoms with E-state index in [4.69, 9.17) is 18.5 Å². The van der Waals surface area contributed by atoms with Crippen LogP contribution in [0.25, 0.3) is 0 Å². The highest BCUT2D eigenvalue weighted by Crippen LogP contribution is 2.43. The third-order valence-electron chi connectivity index (χ3n) is 9.57. The first kappa shape index (κ1) is 59.7. The molecule has 0 bridgehead atoms. The van der Waals surface area contributed by atoms with Crippen LogP contribution in [-0.4, -0.2) is 74.9 Å². The molecule has 0 aliphatic carbocycles. The van der Waals surface area contributed by atoms with Crippen molar-refractivity contribution < 1.29 is 42.1 Å². The molecule has 10 heteroatoms. The smallest absolute Gasteiger partial charge is 0.462 e. The van der Waals surface area contributed by atoms with Gasteiger partial charge in [-0.2, -0.15) is 0 Å². The molecule has 0 saturated carbocycles. The average Bonchev–Trinajstić information content (AvgIpc) is 3.24. The van der Waals surface area contributed by atoms with Gasteiger partial charge in [0.15, 0.2) is 6.10 Å². The summed E-state index contributed by atoms with van der Waals surface area (Å²) in [6.45, 7) is 4.20. The molecule has 0 saturated heterocycles. The maximum atomic E-state index is 12.7. The molecule has 0 radical (unpaired) electrons. The van der Waals surface area contributed by atoms with Crippen molar-refractivity contribution in [2.45, 2.75) is 168 Å². The minimum atomic E-state index is -4.40. The zero-order valence-electron chi connectivity index (χ0n) is 40.3. The van der Waals surface area contributed by atoms with Crippen LogP contribution in [0.2, 0.25) is 0 Å². The van der Waals surface area contributed by atoms with E-state index in [0.717, 1.165) is 77.0 Å². The van der Waals surface area contributed by atoms with Gasteiger partial charge in [0.25, 0.3) is 0 Å². The van der Waals surface area contributed by atoms with Gasteiger partial charge in [-0.05, 0) is 77.0 Å².